The van der Waals surface area contributed by atoms with Crippen LogP contribution in [0.25, 0.3) is 0 Å². The highest BCUT2D eigenvalue weighted by molar-refractivity contribution is 6.18. The molecular formula is C13H19ClO. The van der Waals surface area contributed by atoms with Crippen molar-refractivity contribution in [2.45, 2.75) is 26.7 Å². The molecule has 0 aromatic heterocycles. The molecular weight excluding hydrogens is 208 g/mol. The Morgan fingerprint density at radius 3 is 2.47 bits per heavy atom. The molecule has 0 amide bonds. The molecule has 2 heteroatoms. The summed E-state index contributed by atoms with van der Waals surface area (Å²) in [5, 5.41) is 0. The van der Waals surface area contributed by atoms with Crippen LogP contribution in [0.4, 0.5) is 0 Å². The first-order valence-corrected chi connectivity index (χ1v) is 5.96. The van der Waals surface area contributed by atoms with Crippen LogP contribution in [0.2, 0.25) is 0 Å². The molecule has 0 aliphatic carbocycles. The lowest BCUT2D eigenvalue weighted by molar-refractivity contribution is 0.269. The largest absolute Gasteiger partial charge is 0.493 e. The van der Waals surface area contributed by atoms with Crippen molar-refractivity contribution >= 4 is 11.6 Å². The third-order valence-corrected chi connectivity index (χ3v) is 2.85. The summed E-state index contributed by atoms with van der Waals surface area (Å²) < 4.78 is 5.77. The van der Waals surface area contributed by atoms with Crippen molar-refractivity contribution in [3.8, 4) is 5.75 Å². The average Bonchev–Trinajstić information content (AvgIpc) is 2.26. The van der Waals surface area contributed by atoms with Gasteiger partial charge in [-0.2, -0.15) is 0 Å². The SMILES string of the molecule is CC(CCl)COc1ccccc1C(C)C. The topological polar surface area (TPSA) is 9.23 Å². The van der Waals surface area contributed by atoms with Crippen LogP contribution < -0.4 is 4.74 Å². The lowest BCUT2D eigenvalue weighted by atomic mass is 10.0. The fourth-order valence-electron chi connectivity index (χ4n) is 1.37. The molecule has 1 rings (SSSR count). The van der Waals surface area contributed by atoms with Crippen LogP contribution in [0.15, 0.2) is 24.3 Å². The summed E-state index contributed by atoms with van der Waals surface area (Å²) in [5.74, 6) is 2.52. The number of hydrogen-bond acceptors (Lipinski definition) is 1. The first-order valence-electron chi connectivity index (χ1n) is 5.42. The van der Waals surface area contributed by atoms with Crippen LogP contribution in [0, 0.1) is 5.92 Å². The second-order valence-corrected chi connectivity index (χ2v) is 4.57. The maximum Gasteiger partial charge on any atom is 0.122 e. The van der Waals surface area contributed by atoms with Crippen LogP contribution in [-0.4, -0.2) is 12.5 Å². The van der Waals surface area contributed by atoms with Crippen LogP contribution >= 0.6 is 11.6 Å². The van der Waals surface area contributed by atoms with E-state index < -0.39 is 0 Å². The standard InChI is InChI=1S/C13H19ClO/c1-10(2)12-6-4-5-7-13(12)15-9-11(3)8-14/h4-7,10-11H,8-9H2,1-3H3. The number of halogens is 1. The fourth-order valence-corrected chi connectivity index (χ4v) is 1.45. The van der Waals surface area contributed by atoms with Crippen LogP contribution in [-0.2, 0) is 0 Å². The molecule has 0 aliphatic heterocycles. The van der Waals surface area contributed by atoms with Crippen molar-refractivity contribution in [1.82, 2.24) is 0 Å². The lowest BCUT2D eigenvalue weighted by Gasteiger charge is -2.15. The molecule has 0 saturated carbocycles. The molecule has 0 N–H and O–H groups in total. The summed E-state index contributed by atoms with van der Waals surface area (Å²) in [6.07, 6.45) is 0. The molecule has 1 unspecified atom stereocenters. The van der Waals surface area contributed by atoms with Crippen LogP contribution in [0.1, 0.15) is 32.3 Å². The second-order valence-electron chi connectivity index (χ2n) is 4.26. The van der Waals surface area contributed by atoms with E-state index >= 15 is 0 Å². The Morgan fingerprint density at radius 1 is 1.20 bits per heavy atom. The van der Waals surface area contributed by atoms with Crippen LogP contribution in [0.5, 0.6) is 5.75 Å². The summed E-state index contributed by atoms with van der Waals surface area (Å²) in [6.45, 7) is 7.12. The van der Waals surface area contributed by atoms with E-state index in [2.05, 4.69) is 26.8 Å². The molecule has 0 aliphatic rings. The van der Waals surface area contributed by atoms with Gasteiger partial charge in [0.25, 0.3) is 0 Å². The molecule has 15 heavy (non-hydrogen) atoms. The first-order chi connectivity index (χ1) is 7.15. The van der Waals surface area contributed by atoms with Gasteiger partial charge in [-0.25, -0.2) is 0 Å². The van der Waals surface area contributed by atoms with E-state index in [1.54, 1.807) is 0 Å². The number of alkyl halides is 1. The molecule has 0 saturated heterocycles. The van der Waals surface area contributed by atoms with Crippen molar-refractivity contribution in [2.75, 3.05) is 12.5 Å². The van der Waals surface area contributed by atoms with Crippen molar-refractivity contribution in [3.05, 3.63) is 29.8 Å². The highest BCUT2D eigenvalue weighted by atomic mass is 35.5. The maximum absolute atomic E-state index is 5.77. The second kappa shape index (κ2) is 6.02. The van der Waals surface area contributed by atoms with Crippen molar-refractivity contribution in [1.29, 1.82) is 0 Å². The summed E-state index contributed by atoms with van der Waals surface area (Å²) in [5.41, 5.74) is 1.26. The highest BCUT2D eigenvalue weighted by Gasteiger charge is 2.08. The van der Waals surface area contributed by atoms with Crippen molar-refractivity contribution in [2.24, 2.45) is 5.92 Å². The molecule has 1 aromatic rings. The van der Waals surface area contributed by atoms with E-state index in [4.69, 9.17) is 16.3 Å². The van der Waals surface area contributed by atoms with E-state index in [9.17, 15) is 0 Å². The number of ether oxygens (including phenoxy) is 1. The van der Waals surface area contributed by atoms with Gasteiger partial charge >= 0.3 is 0 Å². The summed E-state index contributed by atoms with van der Waals surface area (Å²) in [4.78, 5) is 0. The number of rotatable bonds is 5. The van der Waals surface area contributed by atoms with E-state index in [0.29, 0.717) is 24.3 Å². The average molecular weight is 227 g/mol. The summed E-state index contributed by atoms with van der Waals surface area (Å²) in [6, 6.07) is 8.20. The Labute approximate surface area is 97.4 Å². The zero-order valence-electron chi connectivity index (χ0n) is 9.66. The Kier molecular flexibility index (Phi) is 4.97. The molecule has 0 radical (unpaired) electrons. The Hall–Kier alpha value is -0.690. The Bertz CT molecular complexity index is 296. The number of para-hydroxylation sites is 1. The van der Waals surface area contributed by atoms with Gasteiger partial charge in [0.2, 0.25) is 0 Å². The van der Waals surface area contributed by atoms with Gasteiger partial charge in [0.05, 0.1) is 6.61 Å². The molecule has 1 nitrogen and oxygen atoms in total. The first kappa shape index (κ1) is 12.4. The third-order valence-electron chi connectivity index (χ3n) is 2.33. The highest BCUT2D eigenvalue weighted by Crippen LogP contribution is 2.26. The van der Waals surface area contributed by atoms with Gasteiger partial charge in [-0.15, -0.1) is 11.6 Å². The normalized spacial score (nSPS) is 12.9. The third kappa shape index (κ3) is 3.75. The van der Waals surface area contributed by atoms with E-state index in [0.717, 1.165) is 5.75 Å². The quantitative estimate of drug-likeness (QED) is 0.688. The molecule has 0 spiro atoms. The minimum atomic E-state index is 0.395. The minimum Gasteiger partial charge on any atom is -0.493 e. The fraction of sp³-hybridized carbons (Fsp3) is 0.538. The summed E-state index contributed by atoms with van der Waals surface area (Å²) >= 11 is 5.74. The van der Waals surface area contributed by atoms with E-state index in [1.165, 1.54) is 5.56 Å². The molecule has 84 valence electrons. The monoisotopic (exact) mass is 226 g/mol. The smallest absolute Gasteiger partial charge is 0.122 e. The van der Waals surface area contributed by atoms with Crippen molar-refractivity contribution in [3.63, 3.8) is 0 Å². The van der Waals surface area contributed by atoms with E-state index in [1.807, 2.05) is 18.2 Å². The molecule has 0 fully saturated rings. The lowest BCUT2D eigenvalue weighted by Crippen LogP contribution is -2.10. The molecule has 0 bridgehead atoms. The van der Waals surface area contributed by atoms with Gasteiger partial charge in [0.15, 0.2) is 0 Å². The maximum atomic E-state index is 5.77. The van der Waals surface area contributed by atoms with Gasteiger partial charge < -0.3 is 4.74 Å². The van der Waals surface area contributed by atoms with Gasteiger partial charge in [-0.3, -0.25) is 0 Å². The van der Waals surface area contributed by atoms with Gasteiger partial charge in [-0.1, -0.05) is 39.0 Å². The van der Waals surface area contributed by atoms with Crippen molar-refractivity contribution < 1.29 is 4.74 Å². The zero-order chi connectivity index (χ0) is 11.3. The van der Waals surface area contributed by atoms with E-state index in [-0.39, 0.29) is 0 Å². The van der Waals surface area contributed by atoms with Crippen LogP contribution in [0.3, 0.4) is 0 Å². The number of benzene rings is 1. The molecule has 1 aromatic carbocycles. The molecule has 1 atom stereocenters. The Morgan fingerprint density at radius 2 is 1.87 bits per heavy atom. The zero-order valence-corrected chi connectivity index (χ0v) is 10.4. The summed E-state index contributed by atoms with van der Waals surface area (Å²) in [7, 11) is 0. The Balaban J connectivity index is 2.67. The predicted molar refractivity (Wildman–Crippen MR) is 65.9 cm³/mol. The van der Waals surface area contributed by atoms with Gasteiger partial charge in [0, 0.05) is 11.8 Å². The molecule has 0 heterocycles. The predicted octanol–water partition coefficient (Wildman–Crippen LogP) is 4.06. The van der Waals surface area contributed by atoms with Gasteiger partial charge in [0.1, 0.15) is 5.75 Å². The minimum absolute atomic E-state index is 0.395. The number of hydrogen-bond donors (Lipinski definition) is 0. The van der Waals surface area contributed by atoms with Gasteiger partial charge in [-0.05, 0) is 17.5 Å².